The molecule has 1 amide bonds. The van der Waals surface area contributed by atoms with E-state index in [1.165, 1.54) is 11.8 Å². The average molecular weight is 484 g/mol. The van der Waals surface area contributed by atoms with Crippen molar-refractivity contribution >= 4 is 35.8 Å². The third-order valence-corrected chi connectivity index (χ3v) is 3.91. The van der Waals surface area contributed by atoms with Gasteiger partial charge in [0, 0.05) is 38.8 Å². The number of nitrogens with zero attached hydrogens (tertiary/aromatic N) is 2. The molecule has 0 aliphatic carbocycles. The molecule has 0 bridgehead atoms. The molecular weight excluding hydrogens is 455 g/mol. The lowest BCUT2D eigenvalue weighted by atomic mass is 10.2. The number of halogens is 1. The monoisotopic (exact) mass is 484 g/mol. The fourth-order valence-corrected chi connectivity index (χ4v) is 2.55. The Hall–Kier alpha value is -2.03. The highest BCUT2D eigenvalue weighted by atomic mass is 127. The topological polar surface area (TPSA) is 69.9 Å². The van der Waals surface area contributed by atoms with Gasteiger partial charge in [-0.15, -0.1) is 24.0 Å². The largest absolute Gasteiger partial charge is 0.459 e. The summed E-state index contributed by atoms with van der Waals surface area (Å²) < 4.78 is 5.19. The summed E-state index contributed by atoms with van der Waals surface area (Å²) in [5.74, 6) is 1.07. The maximum absolute atomic E-state index is 12.0. The Morgan fingerprint density at radius 1 is 1.19 bits per heavy atom. The number of furan rings is 1. The van der Waals surface area contributed by atoms with Crippen molar-refractivity contribution in [1.82, 2.24) is 15.5 Å². The van der Waals surface area contributed by atoms with Gasteiger partial charge in [-0.2, -0.15) is 0 Å². The van der Waals surface area contributed by atoms with Crippen LogP contribution in [0, 0.1) is 6.92 Å². The summed E-state index contributed by atoms with van der Waals surface area (Å²) in [6, 6.07) is 12.1. The number of amides is 1. The van der Waals surface area contributed by atoms with Crippen molar-refractivity contribution in [3.8, 4) is 0 Å². The SMILES string of the molecule is CCNC(=NCCCNC(=O)c1occc1C)N(C)Cc1ccccc1.I. The van der Waals surface area contributed by atoms with Gasteiger partial charge in [0.05, 0.1) is 6.26 Å². The van der Waals surface area contributed by atoms with Crippen LogP contribution in [0.3, 0.4) is 0 Å². The predicted molar refractivity (Wildman–Crippen MR) is 120 cm³/mol. The van der Waals surface area contributed by atoms with Crippen LogP contribution in [0.25, 0.3) is 0 Å². The Morgan fingerprint density at radius 3 is 2.56 bits per heavy atom. The maximum atomic E-state index is 12.0. The molecule has 0 unspecified atom stereocenters. The Morgan fingerprint density at radius 2 is 1.93 bits per heavy atom. The van der Waals surface area contributed by atoms with E-state index in [9.17, 15) is 4.79 Å². The minimum Gasteiger partial charge on any atom is -0.459 e. The van der Waals surface area contributed by atoms with E-state index in [1.807, 2.05) is 32.2 Å². The fraction of sp³-hybridized carbons (Fsp3) is 0.400. The lowest BCUT2D eigenvalue weighted by Crippen LogP contribution is -2.38. The highest BCUT2D eigenvalue weighted by molar-refractivity contribution is 14.0. The van der Waals surface area contributed by atoms with Gasteiger partial charge in [0.1, 0.15) is 0 Å². The lowest BCUT2D eigenvalue weighted by molar-refractivity contribution is 0.0925. The summed E-state index contributed by atoms with van der Waals surface area (Å²) in [6.45, 7) is 6.71. The molecule has 6 nitrogen and oxygen atoms in total. The van der Waals surface area contributed by atoms with Crippen molar-refractivity contribution < 1.29 is 9.21 Å². The number of carbonyl (C=O) groups is 1. The van der Waals surface area contributed by atoms with Gasteiger partial charge in [0.25, 0.3) is 5.91 Å². The van der Waals surface area contributed by atoms with E-state index < -0.39 is 0 Å². The van der Waals surface area contributed by atoms with Gasteiger partial charge in [-0.1, -0.05) is 30.3 Å². The quantitative estimate of drug-likeness (QED) is 0.261. The number of aliphatic imine (C=N–C) groups is 1. The second-order valence-electron chi connectivity index (χ2n) is 6.12. The molecule has 0 atom stereocenters. The van der Waals surface area contributed by atoms with Gasteiger partial charge >= 0.3 is 0 Å². The molecule has 1 aromatic heterocycles. The molecule has 2 rings (SSSR count). The van der Waals surface area contributed by atoms with E-state index in [0.717, 1.165) is 31.0 Å². The van der Waals surface area contributed by atoms with Crippen molar-refractivity contribution in [1.29, 1.82) is 0 Å². The Balaban J connectivity index is 0.00000364. The second-order valence-corrected chi connectivity index (χ2v) is 6.12. The molecular formula is C20H29IN4O2. The van der Waals surface area contributed by atoms with Crippen LogP contribution in [0.5, 0.6) is 0 Å². The van der Waals surface area contributed by atoms with Crippen molar-refractivity contribution in [2.24, 2.45) is 4.99 Å². The molecule has 0 saturated carbocycles. The van der Waals surface area contributed by atoms with Crippen LogP contribution in [-0.2, 0) is 6.54 Å². The minimum absolute atomic E-state index is 0. The molecule has 1 heterocycles. The molecule has 0 spiro atoms. The number of benzene rings is 1. The van der Waals surface area contributed by atoms with Gasteiger partial charge in [-0.25, -0.2) is 0 Å². The zero-order chi connectivity index (χ0) is 18.8. The molecule has 0 aliphatic heterocycles. The van der Waals surface area contributed by atoms with Gasteiger partial charge < -0.3 is 20.0 Å². The molecule has 0 aliphatic rings. The molecule has 27 heavy (non-hydrogen) atoms. The number of guanidine groups is 1. The number of nitrogens with one attached hydrogen (secondary N) is 2. The van der Waals surface area contributed by atoms with Crippen LogP contribution in [0.4, 0.5) is 0 Å². The second kappa shape index (κ2) is 12.4. The van der Waals surface area contributed by atoms with E-state index in [1.54, 1.807) is 6.07 Å². The van der Waals surface area contributed by atoms with Crippen molar-refractivity contribution in [2.45, 2.75) is 26.8 Å². The van der Waals surface area contributed by atoms with E-state index in [-0.39, 0.29) is 29.9 Å². The third-order valence-electron chi connectivity index (χ3n) is 3.91. The molecule has 7 heteroatoms. The molecule has 2 N–H and O–H groups in total. The molecule has 0 saturated heterocycles. The van der Waals surface area contributed by atoms with Gasteiger partial charge in [0.2, 0.25) is 0 Å². The van der Waals surface area contributed by atoms with Gasteiger partial charge in [-0.3, -0.25) is 9.79 Å². The summed E-state index contributed by atoms with van der Waals surface area (Å²) in [5.41, 5.74) is 2.08. The van der Waals surface area contributed by atoms with Crippen LogP contribution in [0.1, 0.15) is 35.0 Å². The summed E-state index contributed by atoms with van der Waals surface area (Å²) in [4.78, 5) is 18.7. The smallest absolute Gasteiger partial charge is 0.287 e. The van der Waals surface area contributed by atoms with E-state index in [0.29, 0.717) is 18.8 Å². The van der Waals surface area contributed by atoms with Crippen molar-refractivity contribution in [2.75, 3.05) is 26.7 Å². The molecule has 0 fully saturated rings. The summed E-state index contributed by atoms with van der Waals surface area (Å²) >= 11 is 0. The normalized spacial score (nSPS) is 10.9. The zero-order valence-electron chi connectivity index (χ0n) is 16.2. The average Bonchev–Trinajstić information content (AvgIpc) is 3.07. The predicted octanol–water partition coefficient (Wildman–Crippen LogP) is 3.42. The zero-order valence-corrected chi connectivity index (χ0v) is 18.5. The minimum atomic E-state index is -0.176. The molecule has 1 aromatic carbocycles. The van der Waals surface area contributed by atoms with Crippen molar-refractivity contribution in [3.63, 3.8) is 0 Å². The number of rotatable bonds is 8. The van der Waals surface area contributed by atoms with Crippen LogP contribution < -0.4 is 10.6 Å². The van der Waals surface area contributed by atoms with Crippen molar-refractivity contribution in [3.05, 3.63) is 59.5 Å². The Labute approximate surface area is 178 Å². The van der Waals surface area contributed by atoms with Crippen LogP contribution in [-0.4, -0.2) is 43.4 Å². The lowest BCUT2D eigenvalue weighted by Gasteiger charge is -2.22. The van der Waals surface area contributed by atoms with E-state index in [4.69, 9.17) is 4.42 Å². The highest BCUT2D eigenvalue weighted by Gasteiger charge is 2.11. The van der Waals surface area contributed by atoms with Gasteiger partial charge in [0.15, 0.2) is 11.7 Å². The van der Waals surface area contributed by atoms with Crippen LogP contribution in [0.15, 0.2) is 52.1 Å². The first-order valence-electron chi connectivity index (χ1n) is 8.97. The highest BCUT2D eigenvalue weighted by Crippen LogP contribution is 2.08. The molecule has 148 valence electrons. The maximum Gasteiger partial charge on any atom is 0.287 e. The van der Waals surface area contributed by atoms with Crippen LogP contribution >= 0.6 is 24.0 Å². The number of carbonyl (C=O) groups excluding carboxylic acids is 1. The van der Waals surface area contributed by atoms with Gasteiger partial charge in [-0.05, 0) is 31.9 Å². The third kappa shape index (κ3) is 7.62. The fourth-order valence-electron chi connectivity index (χ4n) is 2.55. The first-order chi connectivity index (χ1) is 12.6. The number of hydrogen-bond acceptors (Lipinski definition) is 3. The van der Waals surface area contributed by atoms with E-state index >= 15 is 0 Å². The summed E-state index contributed by atoms with van der Waals surface area (Å²) in [7, 11) is 2.02. The first kappa shape index (κ1) is 23.0. The van der Waals surface area contributed by atoms with E-state index in [2.05, 4.69) is 39.6 Å². The number of aryl methyl sites for hydroxylation is 1. The Kier molecular flexibility index (Phi) is 10.5. The van der Waals surface area contributed by atoms with Crippen LogP contribution in [0.2, 0.25) is 0 Å². The molecule has 2 aromatic rings. The standard InChI is InChI=1S/C20H28N4O2.HI/c1-4-21-20(24(3)15-17-9-6-5-7-10-17)23-13-8-12-22-19(25)18-16(2)11-14-26-18;/h5-7,9-11,14H,4,8,12-13,15H2,1-3H3,(H,21,23)(H,22,25);1H. The Bertz CT molecular complexity index is 716. The summed E-state index contributed by atoms with van der Waals surface area (Å²) in [5, 5.41) is 6.17. The number of hydrogen-bond donors (Lipinski definition) is 2. The molecule has 0 radical (unpaired) electrons. The first-order valence-corrected chi connectivity index (χ1v) is 8.97. The summed E-state index contributed by atoms with van der Waals surface area (Å²) in [6.07, 6.45) is 2.29.